The number of hydrogen-bond acceptors (Lipinski definition) is 6. The SMILES string of the molecule is Nn1c(SCC(=O)NC(=O)NC2CCCC2)nnc1C(F)(F)F. The van der Waals surface area contributed by atoms with Crippen LogP contribution in [0.2, 0.25) is 0 Å². The summed E-state index contributed by atoms with van der Waals surface area (Å²) in [5, 5.41) is 10.7. The van der Waals surface area contributed by atoms with Crippen molar-refractivity contribution in [3.05, 3.63) is 5.82 Å². The van der Waals surface area contributed by atoms with Crippen LogP contribution in [0.25, 0.3) is 0 Å². The lowest BCUT2D eigenvalue weighted by Crippen LogP contribution is -2.44. The molecule has 128 valence electrons. The fraction of sp³-hybridized carbons (Fsp3) is 0.636. The fourth-order valence-corrected chi connectivity index (χ4v) is 2.81. The lowest BCUT2D eigenvalue weighted by molar-refractivity contribution is -0.146. The van der Waals surface area contributed by atoms with Crippen molar-refractivity contribution in [2.75, 3.05) is 11.6 Å². The molecular formula is C11H15F3N6O2S. The van der Waals surface area contributed by atoms with E-state index in [1.807, 2.05) is 0 Å². The van der Waals surface area contributed by atoms with Gasteiger partial charge < -0.3 is 11.2 Å². The van der Waals surface area contributed by atoms with E-state index in [4.69, 9.17) is 5.84 Å². The Morgan fingerprint density at radius 3 is 2.52 bits per heavy atom. The van der Waals surface area contributed by atoms with Crippen molar-refractivity contribution in [3.8, 4) is 0 Å². The van der Waals surface area contributed by atoms with E-state index in [2.05, 4.69) is 20.8 Å². The van der Waals surface area contributed by atoms with Gasteiger partial charge in [-0.2, -0.15) is 13.2 Å². The minimum Gasteiger partial charge on any atom is -0.335 e. The first-order valence-electron chi connectivity index (χ1n) is 6.78. The monoisotopic (exact) mass is 352 g/mol. The van der Waals surface area contributed by atoms with Crippen LogP contribution in [-0.4, -0.2) is 38.6 Å². The molecule has 0 radical (unpaired) electrons. The lowest BCUT2D eigenvalue weighted by Gasteiger charge is -2.12. The number of alkyl halides is 3. The van der Waals surface area contributed by atoms with Gasteiger partial charge in [-0.1, -0.05) is 24.6 Å². The van der Waals surface area contributed by atoms with Gasteiger partial charge in [0.15, 0.2) is 0 Å². The van der Waals surface area contributed by atoms with Crippen molar-refractivity contribution in [1.29, 1.82) is 0 Å². The molecule has 1 heterocycles. The van der Waals surface area contributed by atoms with Gasteiger partial charge in [0.05, 0.1) is 5.75 Å². The molecule has 1 aliphatic carbocycles. The second-order valence-electron chi connectivity index (χ2n) is 4.97. The minimum absolute atomic E-state index is 0.0527. The molecule has 1 aromatic rings. The molecule has 12 heteroatoms. The van der Waals surface area contributed by atoms with E-state index in [9.17, 15) is 22.8 Å². The van der Waals surface area contributed by atoms with E-state index in [0.717, 1.165) is 25.7 Å². The molecule has 23 heavy (non-hydrogen) atoms. The first kappa shape index (κ1) is 17.4. The van der Waals surface area contributed by atoms with Crippen LogP contribution in [0.3, 0.4) is 0 Å². The van der Waals surface area contributed by atoms with E-state index in [1.165, 1.54) is 0 Å². The maximum Gasteiger partial charge on any atom is 0.453 e. The van der Waals surface area contributed by atoms with Crippen molar-refractivity contribution in [3.63, 3.8) is 0 Å². The molecule has 0 atom stereocenters. The van der Waals surface area contributed by atoms with E-state index in [0.29, 0.717) is 11.8 Å². The van der Waals surface area contributed by atoms with Gasteiger partial charge in [-0.05, 0) is 12.8 Å². The van der Waals surface area contributed by atoms with Crippen LogP contribution in [-0.2, 0) is 11.0 Å². The van der Waals surface area contributed by atoms with Crippen LogP contribution in [0.4, 0.5) is 18.0 Å². The predicted molar refractivity (Wildman–Crippen MR) is 74.8 cm³/mol. The fourth-order valence-electron chi connectivity index (χ4n) is 2.15. The van der Waals surface area contributed by atoms with Gasteiger partial charge in [0, 0.05) is 6.04 Å². The number of aromatic nitrogens is 3. The number of rotatable bonds is 4. The third kappa shape index (κ3) is 4.74. The summed E-state index contributed by atoms with van der Waals surface area (Å²) in [6.07, 6.45) is -0.936. The van der Waals surface area contributed by atoms with Gasteiger partial charge in [0.1, 0.15) is 0 Å². The summed E-state index contributed by atoms with van der Waals surface area (Å²) in [6, 6.07) is -0.565. The van der Waals surface area contributed by atoms with Crippen molar-refractivity contribution in [2.45, 2.75) is 43.1 Å². The van der Waals surface area contributed by atoms with Gasteiger partial charge >= 0.3 is 12.2 Å². The number of halogens is 3. The first-order chi connectivity index (χ1) is 10.8. The number of carbonyl (C=O) groups is 2. The summed E-state index contributed by atoms with van der Waals surface area (Å²) in [7, 11) is 0. The molecule has 0 saturated heterocycles. The Labute approximate surface area is 133 Å². The molecule has 0 unspecified atom stereocenters. The second kappa shape index (κ2) is 7.06. The highest BCUT2D eigenvalue weighted by molar-refractivity contribution is 7.99. The first-order valence-corrected chi connectivity index (χ1v) is 7.76. The van der Waals surface area contributed by atoms with E-state index in [-0.39, 0.29) is 21.6 Å². The number of nitrogen functional groups attached to an aromatic ring is 1. The van der Waals surface area contributed by atoms with E-state index >= 15 is 0 Å². The maximum absolute atomic E-state index is 12.5. The third-order valence-electron chi connectivity index (χ3n) is 3.19. The van der Waals surface area contributed by atoms with Crippen LogP contribution in [0.15, 0.2) is 5.16 Å². The molecule has 8 nitrogen and oxygen atoms in total. The van der Waals surface area contributed by atoms with Crippen molar-refractivity contribution in [1.82, 2.24) is 25.5 Å². The molecule has 1 aliphatic rings. The smallest absolute Gasteiger partial charge is 0.335 e. The molecule has 1 fully saturated rings. The highest BCUT2D eigenvalue weighted by atomic mass is 32.2. The largest absolute Gasteiger partial charge is 0.453 e. The Kier molecular flexibility index (Phi) is 5.34. The molecule has 1 saturated carbocycles. The summed E-state index contributed by atoms with van der Waals surface area (Å²) >= 11 is 0.649. The molecule has 0 bridgehead atoms. The Balaban J connectivity index is 1.80. The van der Waals surface area contributed by atoms with Gasteiger partial charge in [-0.15, -0.1) is 10.2 Å². The minimum atomic E-state index is -4.73. The van der Waals surface area contributed by atoms with Gasteiger partial charge in [0.25, 0.3) is 5.82 Å². The molecule has 0 aromatic carbocycles. The highest BCUT2D eigenvalue weighted by Crippen LogP contribution is 2.28. The Bertz CT molecular complexity index is 585. The number of carbonyl (C=O) groups excluding carboxylic acids is 2. The number of thioether (sulfide) groups is 1. The quantitative estimate of drug-likeness (QED) is 0.547. The van der Waals surface area contributed by atoms with Crippen LogP contribution in [0, 0.1) is 0 Å². The summed E-state index contributed by atoms with van der Waals surface area (Å²) in [6.45, 7) is 0. The van der Waals surface area contributed by atoms with Crippen molar-refractivity contribution < 1.29 is 22.8 Å². The zero-order chi connectivity index (χ0) is 17.0. The number of nitrogens with two attached hydrogens (primary N) is 1. The number of amides is 3. The topological polar surface area (TPSA) is 115 Å². The average Bonchev–Trinajstić information content (AvgIpc) is 3.05. The van der Waals surface area contributed by atoms with Crippen LogP contribution in [0.5, 0.6) is 0 Å². The zero-order valence-electron chi connectivity index (χ0n) is 11.9. The van der Waals surface area contributed by atoms with Gasteiger partial charge in [-0.3, -0.25) is 10.1 Å². The Morgan fingerprint density at radius 2 is 1.96 bits per heavy atom. The molecule has 4 N–H and O–H groups in total. The molecule has 1 aromatic heterocycles. The van der Waals surface area contributed by atoms with Gasteiger partial charge in [-0.25, -0.2) is 9.47 Å². The number of nitrogens with one attached hydrogen (secondary N) is 2. The van der Waals surface area contributed by atoms with Crippen LogP contribution < -0.4 is 16.5 Å². The van der Waals surface area contributed by atoms with Crippen LogP contribution >= 0.6 is 11.8 Å². The van der Waals surface area contributed by atoms with Gasteiger partial charge in [0.2, 0.25) is 11.1 Å². The van der Waals surface area contributed by atoms with Crippen LogP contribution in [0.1, 0.15) is 31.5 Å². The molecule has 3 amide bonds. The highest BCUT2D eigenvalue weighted by Gasteiger charge is 2.38. The molecule has 0 aliphatic heterocycles. The second-order valence-corrected chi connectivity index (χ2v) is 5.91. The number of urea groups is 1. The summed E-state index contributed by atoms with van der Waals surface area (Å²) < 4.78 is 37.7. The molecule has 2 rings (SSSR count). The number of imide groups is 1. The Morgan fingerprint density at radius 1 is 1.30 bits per heavy atom. The summed E-state index contributed by atoms with van der Waals surface area (Å²) in [5.41, 5.74) is 0. The summed E-state index contributed by atoms with van der Waals surface area (Å²) in [5.74, 6) is 2.89. The van der Waals surface area contributed by atoms with Crippen molar-refractivity contribution >= 4 is 23.7 Å². The zero-order valence-corrected chi connectivity index (χ0v) is 12.7. The standard InChI is InChI=1S/C11H15F3N6O2S/c12-11(13,14)8-18-19-10(20(8)15)23-5-7(21)17-9(22)16-6-3-1-2-4-6/h6H,1-5,15H2,(H2,16,17,21,22). The van der Waals surface area contributed by atoms with Crippen molar-refractivity contribution in [2.24, 2.45) is 0 Å². The Hall–Kier alpha value is -1.98. The molecule has 0 spiro atoms. The van der Waals surface area contributed by atoms with E-state index in [1.54, 1.807) is 0 Å². The maximum atomic E-state index is 12.5. The van der Waals surface area contributed by atoms with E-state index < -0.39 is 23.9 Å². The average molecular weight is 352 g/mol. The predicted octanol–water partition coefficient (Wildman–Crippen LogP) is 0.871. The third-order valence-corrected chi connectivity index (χ3v) is 4.14. The normalized spacial score (nSPS) is 15.6. The number of nitrogens with zero attached hydrogens (tertiary/aromatic N) is 3. The summed E-state index contributed by atoms with van der Waals surface area (Å²) in [4.78, 5) is 23.2. The molecular weight excluding hydrogens is 337 g/mol. The lowest BCUT2D eigenvalue weighted by atomic mass is 10.2. The number of hydrogen-bond donors (Lipinski definition) is 3.